The quantitative estimate of drug-likeness (QED) is 0.594. The summed E-state index contributed by atoms with van der Waals surface area (Å²) in [5.41, 5.74) is 1.17. The number of carbonyl (C=O) groups is 1. The molecule has 1 fully saturated rings. The van der Waals surface area contributed by atoms with Crippen molar-refractivity contribution in [3.8, 4) is 11.5 Å². The van der Waals surface area contributed by atoms with Crippen molar-refractivity contribution in [2.45, 2.75) is 25.2 Å². The molecule has 1 aliphatic heterocycles. The van der Waals surface area contributed by atoms with Crippen LogP contribution in [-0.4, -0.2) is 45.6 Å². The van der Waals surface area contributed by atoms with Crippen molar-refractivity contribution in [3.63, 3.8) is 0 Å². The van der Waals surface area contributed by atoms with Crippen LogP contribution in [0.2, 0.25) is 10.0 Å². The highest BCUT2D eigenvalue weighted by Crippen LogP contribution is 2.30. The number of aromatic nitrogens is 3. The van der Waals surface area contributed by atoms with Crippen LogP contribution in [0.4, 0.5) is 5.69 Å². The number of para-hydroxylation sites is 1. The van der Waals surface area contributed by atoms with E-state index in [1.807, 2.05) is 18.2 Å². The largest absolute Gasteiger partial charge is 0.339 e. The molecule has 0 atom stereocenters. The number of piperidine rings is 1. The predicted molar refractivity (Wildman–Crippen MR) is 116 cm³/mol. The van der Waals surface area contributed by atoms with E-state index in [1.165, 1.54) is 0 Å². The topological polar surface area (TPSA) is 84.2 Å². The zero-order chi connectivity index (χ0) is 20.9. The molecule has 3 heterocycles. The van der Waals surface area contributed by atoms with Crippen molar-refractivity contribution >= 4 is 34.8 Å². The average Bonchev–Trinajstić information content (AvgIpc) is 3.26. The molecule has 0 saturated carbocycles. The van der Waals surface area contributed by atoms with Gasteiger partial charge in [0, 0.05) is 25.1 Å². The Morgan fingerprint density at radius 1 is 1.13 bits per heavy atom. The molecule has 2 aromatic heterocycles. The van der Waals surface area contributed by atoms with E-state index in [1.54, 1.807) is 24.4 Å². The molecule has 1 aliphatic rings. The number of nitrogens with one attached hydrogen (secondary N) is 1. The van der Waals surface area contributed by atoms with Gasteiger partial charge in [-0.05, 0) is 50.2 Å². The number of likely N-dealkylation sites (tertiary alicyclic amines) is 1. The second kappa shape index (κ2) is 9.55. The average molecular weight is 446 g/mol. The first-order valence-electron chi connectivity index (χ1n) is 9.81. The van der Waals surface area contributed by atoms with Crippen LogP contribution >= 0.6 is 23.2 Å². The fourth-order valence-corrected chi connectivity index (χ4v) is 3.97. The first-order chi connectivity index (χ1) is 14.6. The summed E-state index contributed by atoms with van der Waals surface area (Å²) in [5, 5.41) is 7.72. The summed E-state index contributed by atoms with van der Waals surface area (Å²) in [6.07, 6.45) is 3.89. The number of rotatable bonds is 6. The Labute approximate surface area is 184 Å². The SMILES string of the molecule is O=C(CCN1CCC(c2nc(-c3ccccn3)no2)CC1)Nc1c(Cl)cccc1Cl. The molecule has 1 saturated heterocycles. The van der Waals surface area contributed by atoms with Crippen LogP contribution < -0.4 is 5.32 Å². The number of hydrogen-bond donors (Lipinski definition) is 1. The molecule has 9 heteroatoms. The first kappa shape index (κ1) is 20.8. The fourth-order valence-electron chi connectivity index (χ4n) is 3.48. The maximum absolute atomic E-state index is 12.3. The van der Waals surface area contributed by atoms with Gasteiger partial charge in [-0.1, -0.05) is 40.5 Å². The minimum absolute atomic E-state index is 0.107. The zero-order valence-electron chi connectivity index (χ0n) is 16.2. The van der Waals surface area contributed by atoms with Crippen LogP contribution in [0.25, 0.3) is 11.5 Å². The third-order valence-electron chi connectivity index (χ3n) is 5.15. The number of halogens is 2. The lowest BCUT2D eigenvalue weighted by molar-refractivity contribution is -0.116. The Morgan fingerprint density at radius 3 is 2.60 bits per heavy atom. The smallest absolute Gasteiger partial charge is 0.230 e. The Morgan fingerprint density at radius 2 is 1.90 bits per heavy atom. The number of hydrogen-bond acceptors (Lipinski definition) is 6. The second-order valence-corrected chi connectivity index (χ2v) is 8.00. The van der Waals surface area contributed by atoms with Crippen LogP contribution in [0.1, 0.15) is 31.1 Å². The van der Waals surface area contributed by atoms with E-state index < -0.39 is 0 Å². The summed E-state index contributed by atoms with van der Waals surface area (Å²) in [5.74, 6) is 1.29. The van der Waals surface area contributed by atoms with Gasteiger partial charge < -0.3 is 14.7 Å². The van der Waals surface area contributed by atoms with E-state index in [0.717, 1.165) is 25.9 Å². The van der Waals surface area contributed by atoms with Gasteiger partial charge in [0.2, 0.25) is 17.6 Å². The normalized spacial score (nSPS) is 15.3. The van der Waals surface area contributed by atoms with E-state index in [9.17, 15) is 4.79 Å². The van der Waals surface area contributed by atoms with E-state index in [2.05, 4.69) is 25.3 Å². The third kappa shape index (κ3) is 4.98. The van der Waals surface area contributed by atoms with Crippen LogP contribution in [0.5, 0.6) is 0 Å². The highest BCUT2D eigenvalue weighted by atomic mass is 35.5. The molecule has 7 nitrogen and oxygen atoms in total. The zero-order valence-corrected chi connectivity index (χ0v) is 17.7. The van der Waals surface area contributed by atoms with Gasteiger partial charge in [0.25, 0.3) is 0 Å². The standard InChI is InChI=1S/C21H21Cl2N5O2/c22-15-4-3-5-16(23)19(15)25-18(29)9-13-28-11-7-14(8-12-28)21-26-20(27-30-21)17-6-1-2-10-24-17/h1-6,10,14H,7-9,11-13H2,(H,25,29). The lowest BCUT2D eigenvalue weighted by atomic mass is 9.96. The Kier molecular flexibility index (Phi) is 6.62. The molecular weight excluding hydrogens is 425 g/mol. The van der Waals surface area contributed by atoms with Gasteiger partial charge >= 0.3 is 0 Å². The summed E-state index contributed by atoms with van der Waals surface area (Å²) >= 11 is 12.2. The second-order valence-electron chi connectivity index (χ2n) is 7.18. The summed E-state index contributed by atoms with van der Waals surface area (Å²) in [4.78, 5) is 23.3. The maximum atomic E-state index is 12.3. The highest BCUT2D eigenvalue weighted by molar-refractivity contribution is 6.39. The van der Waals surface area contributed by atoms with Crippen molar-refractivity contribution in [2.75, 3.05) is 25.0 Å². The van der Waals surface area contributed by atoms with E-state index >= 15 is 0 Å². The summed E-state index contributed by atoms with van der Waals surface area (Å²) in [6, 6.07) is 10.7. The van der Waals surface area contributed by atoms with E-state index in [0.29, 0.717) is 46.1 Å². The number of carbonyl (C=O) groups excluding carboxylic acids is 1. The molecule has 1 aromatic carbocycles. The fraction of sp³-hybridized carbons (Fsp3) is 0.333. The third-order valence-corrected chi connectivity index (χ3v) is 5.78. The van der Waals surface area contributed by atoms with Crippen molar-refractivity contribution < 1.29 is 9.32 Å². The Balaban J connectivity index is 1.25. The molecule has 0 spiro atoms. The lowest BCUT2D eigenvalue weighted by Gasteiger charge is -2.30. The number of pyridine rings is 1. The van der Waals surface area contributed by atoms with Crippen molar-refractivity contribution in [1.29, 1.82) is 0 Å². The van der Waals surface area contributed by atoms with Gasteiger partial charge in [-0.15, -0.1) is 0 Å². The first-order valence-corrected chi connectivity index (χ1v) is 10.6. The van der Waals surface area contributed by atoms with Crippen molar-refractivity contribution in [2.24, 2.45) is 0 Å². The minimum atomic E-state index is -0.107. The molecule has 0 radical (unpaired) electrons. The Bertz CT molecular complexity index is 983. The van der Waals surface area contributed by atoms with Gasteiger partial charge in [-0.25, -0.2) is 0 Å². The molecule has 0 bridgehead atoms. The molecule has 0 unspecified atom stereocenters. The number of anilines is 1. The van der Waals surface area contributed by atoms with Crippen LogP contribution in [0.3, 0.4) is 0 Å². The van der Waals surface area contributed by atoms with Gasteiger partial charge in [-0.2, -0.15) is 4.98 Å². The molecule has 1 amide bonds. The highest BCUT2D eigenvalue weighted by Gasteiger charge is 2.26. The molecule has 1 N–H and O–H groups in total. The Hall–Kier alpha value is -2.48. The van der Waals surface area contributed by atoms with E-state index in [4.69, 9.17) is 27.7 Å². The van der Waals surface area contributed by atoms with Gasteiger partial charge in [0.15, 0.2) is 0 Å². The molecule has 4 rings (SSSR count). The van der Waals surface area contributed by atoms with Gasteiger partial charge in [-0.3, -0.25) is 9.78 Å². The number of benzene rings is 1. The minimum Gasteiger partial charge on any atom is -0.339 e. The predicted octanol–water partition coefficient (Wildman–Crippen LogP) is 4.65. The molecule has 0 aliphatic carbocycles. The van der Waals surface area contributed by atoms with Crippen LogP contribution in [-0.2, 0) is 4.79 Å². The maximum Gasteiger partial charge on any atom is 0.230 e. The molecule has 156 valence electrons. The van der Waals surface area contributed by atoms with Gasteiger partial charge in [0.1, 0.15) is 5.69 Å². The van der Waals surface area contributed by atoms with Crippen LogP contribution in [0, 0.1) is 0 Å². The summed E-state index contributed by atoms with van der Waals surface area (Å²) < 4.78 is 5.47. The summed E-state index contributed by atoms with van der Waals surface area (Å²) in [6.45, 7) is 2.40. The van der Waals surface area contributed by atoms with Crippen LogP contribution in [0.15, 0.2) is 47.1 Å². The molecule has 30 heavy (non-hydrogen) atoms. The van der Waals surface area contributed by atoms with E-state index in [-0.39, 0.29) is 11.8 Å². The molecular formula is C21H21Cl2N5O2. The number of amides is 1. The number of nitrogens with zero attached hydrogens (tertiary/aromatic N) is 4. The van der Waals surface area contributed by atoms with Crippen molar-refractivity contribution in [1.82, 2.24) is 20.0 Å². The lowest BCUT2D eigenvalue weighted by Crippen LogP contribution is -2.35. The van der Waals surface area contributed by atoms with Crippen molar-refractivity contribution in [3.05, 3.63) is 58.5 Å². The molecule has 3 aromatic rings. The van der Waals surface area contributed by atoms with Gasteiger partial charge in [0.05, 0.1) is 15.7 Å². The monoisotopic (exact) mass is 445 g/mol. The summed E-state index contributed by atoms with van der Waals surface area (Å²) in [7, 11) is 0.